The summed E-state index contributed by atoms with van der Waals surface area (Å²) in [4.78, 5) is 66.5. The van der Waals surface area contributed by atoms with Crippen molar-refractivity contribution in [3.05, 3.63) is 90.1 Å². The lowest BCUT2D eigenvalue weighted by molar-refractivity contribution is -0.120. The van der Waals surface area contributed by atoms with Gasteiger partial charge in [0.25, 0.3) is 0 Å². The average molecular weight is 826 g/mol. The highest BCUT2D eigenvalue weighted by atomic mass is 16.5. The van der Waals surface area contributed by atoms with E-state index in [4.69, 9.17) is 4.52 Å². The molecule has 17 heteroatoms. The first-order valence-electron chi connectivity index (χ1n) is 20.7. The summed E-state index contributed by atoms with van der Waals surface area (Å²) in [5, 5.41) is 17.1. The summed E-state index contributed by atoms with van der Waals surface area (Å²) < 4.78 is 5.23. The Hall–Kier alpha value is -6.75. The van der Waals surface area contributed by atoms with Gasteiger partial charge in [0, 0.05) is 84.8 Å². The molecule has 2 fully saturated rings. The number of carbonyl (C=O) groups is 3. The molecular weight excluding hydrogens is 775 g/mol. The summed E-state index contributed by atoms with van der Waals surface area (Å²) in [6.45, 7) is 14.6. The van der Waals surface area contributed by atoms with Crippen molar-refractivity contribution in [1.29, 1.82) is 0 Å². The molecular formula is C44H51N13O4. The highest BCUT2D eigenvalue weighted by molar-refractivity contribution is 6.05. The van der Waals surface area contributed by atoms with Gasteiger partial charge in [-0.2, -0.15) is 4.98 Å². The van der Waals surface area contributed by atoms with Crippen molar-refractivity contribution in [2.45, 2.75) is 65.3 Å². The third kappa shape index (κ3) is 9.36. The summed E-state index contributed by atoms with van der Waals surface area (Å²) >= 11 is 0. The maximum atomic E-state index is 12.9. The molecule has 1 atom stereocenters. The second-order valence-electron chi connectivity index (χ2n) is 16.7. The van der Waals surface area contributed by atoms with Crippen LogP contribution in [0.5, 0.6) is 0 Å². The van der Waals surface area contributed by atoms with E-state index in [0.717, 1.165) is 89.4 Å². The molecule has 2 aliphatic rings. The van der Waals surface area contributed by atoms with Crippen molar-refractivity contribution >= 4 is 46.2 Å². The van der Waals surface area contributed by atoms with Crippen molar-refractivity contribution in [3.8, 4) is 22.5 Å². The maximum Gasteiger partial charge on any atom is 0.328 e. The molecule has 6 aromatic rings. The molecule has 316 valence electrons. The molecule has 4 aromatic heterocycles. The Morgan fingerprint density at radius 2 is 1.69 bits per heavy atom. The number of anilines is 3. The minimum Gasteiger partial charge on any atom is -0.372 e. The molecule has 0 radical (unpaired) electrons. The van der Waals surface area contributed by atoms with Gasteiger partial charge in [0.05, 0.1) is 17.4 Å². The topological polar surface area (TPSA) is 212 Å². The third-order valence-corrected chi connectivity index (χ3v) is 11.2. The van der Waals surface area contributed by atoms with Crippen LogP contribution in [-0.2, 0) is 10.2 Å². The first kappa shape index (κ1) is 41.0. The van der Waals surface area contributed by atoms with Crippen LogP contribution in [0, 0.1) is 12.8 Å². The van der Waals surface area contributed by atoms with E-state index in [2.05, 4.69) is 79.4 Å². The normalized spacial score (nSPS) is 15.6. The number of hydrogen-bond acceptors (Lipinski definition) is 13. The Balaban J connectivity index is 0.796. The Bertz CT molecular complexity index is 2520. The average Bonchev–Trinajstić information content (AvgIpc) is 3.94. The lowest BCUT2D eigenvalue weighted by atomic mass is 9.96. The molecule has 8 rings (SSSR count). The number of rotatable bonds is 13. The number of nitrogens with one attached hydrogen (secondary N) is 5. The number of aromatic amines is 1. The molecule has 0 saturated carbocycles. The van der Waals surface area contributed by atoms with Gasteiger partial charge in [0.1, 0.15) is 12.0 Å². The lowest BCUT2D eigenvalue weighted by Crippen LogP contribution is -2.49. The van der Waals surface area contributed by atoms with Gasteiger partial charge in [-0.05, 0) is 86.7 Å². The summed E-state index contributed by atoms with van der Waals surface area (Å²) in [6.07, 6.45) is 7.64. The molecule has 2 aliphatic heterocycles. The van der Waals surface area contributed by atoms with Gasteiger partial charge in [-0.15, -0.1) is 0 Å². The molecule has 0 unspecified atom stereocenters. The van der Waals surface area contributed by atoms with E-state index in [1.54, 1.807) is 23.6 Å². The number of carbonyl (C=O) groups excluding carboxylic acids is 3. The first-order chi connectivity index (χ1) is 29.4. The van der Waals surface area contributed by atoms with Gasteiger partial charge in [0.15, 0.2) is 5.82 Å². The summed E-state index contributed by atoms with van der Waals surface area (Å²) in [6, 6.07) is 15.4. The summed E-state index contributed by atoms with van der Waals surface area (Å²) in [7, 11) is 0. The summed E-state index contributed by atoms with van der Waals surface area (Å²) in [5.41, 5.74) is 7.64. The molecule has 17 nitrogen and oxygen atoms in total. The molecule has 6 heterocycles. The van der Waals surface area contributed by atoms with Crippen LogP contribution in [0.15, 0.2) is 71.8 Å². The number of nitrogens with zero attached hydrogens (tertiary/aromatic N) is 8. The van der Waals surface area contributed by atoms with Crippen molar-refractivity contribution in [2.24, 2.45) is 5.92 Å². The minimum atomic E-state index is -0.421. The van der Waals surface area contributed by atoms with Crippen LogP contribution < -0.4 is 31.1 Å². The van der Waals surface area contributed by atoms with E-state index >= 15 is 0 Å². The van der Waals surface area contributed by atoms with E-state index in [1.807, 2.05) is 65.0 Å². The number of piperidine rings is 1. The number of hydrogen-bond donors (Lipinski definition) is 5. The Kier molecular flexibility index (Phi) is 11.7. The van der Waals surface area contributed by atoms with Crippen LogP contribution in [0.3, 0.4) is 0 Å². The van der Waals surface area contributed by atoms with Crippen LogP contribution in [-0.4, -0.2) is 92.2 Å². The van der Waals surface area contributed by atoms with Gasteiger partial charge in [-0.3, -0.25) is 19.8 Å². The molecule has 2 aromatic carbocycles. The predicted molar refractivity (Wildman–Crippen MR) is 232 cm³/mol. The van der Waals surface area contributed by atoms with Gasteiger partial charge in [-0.25, -0.2) is 24.7 Å². The second-order valence-corrected chi connectivity index (χ2v) is 16.7. The van der Waals surface area contributed by atoms with Crippen molar-refractivity contribution in [2.75, 3.05) is 54.4 Å². The number of aryl methyl sites for hydroxylation is 1. The van der Waals surface area contributed by atoms with Gasteiger partial charge < -0.3 is 30.4 Å². The second kappa shape index (κ2) is 17.5. The Morgan fingerprint density at radius 1 is 0.934 bits per heavy atom. The number of amides is 4. The van der Waals surface area contributed by atoms with Gasteiger partial charge in [-0.1, -0.05) is 38.1 Å². The number of aromatic nitrogens is 7. The number of H-pyrrole nitrogens is 1. The Morgan fingerprint density at radius 3 is 2.39 bits per heavy atom. The smallest absolute Gasteiger partial charge is 0.328 e. The van der Waals surface area contributed by atoms with E-state index < -0.39 is 5.91 Å². The third-order valence-electron chi connectivity index (χ3n) is 11.2. The number of benzene rings is 2. The zero-order valence-corrected chi connectivity index (χ0v) is 35.1. The van der Waals surface area contributed by atoms with Gasteiger partial charge in [0.2, 0.25) is 11.9 Å². The van der Waals surface area contributed by atoms with Crippen molar-refractivity contribution < 1.29 is 18.9 Å². The predicted octanol–water partition coefficient (Wildman–Crippen LogP) is 5.93. The fraction of sp³-hybridized carbons (Fsp3) is 0.386. The molecule has 4 amide bonds. The fourth-order valence-electron chi connectivity index (χ4n) is 7.77. The number of fused-ring (bicyclic) bond motifs is 1. The van der Waals surface area contributed by atoms with E-state index in [-0.39, 0.29) is 29.3 Å². The first-order valence-corrected chi connectivity index (χ1v) is 20.7. The number of urea groups is 1. The minimum absolute atomic E-state index is 0.0583. The van der Waals surface area contributed by atoms with Crippen LogP contribution in [0.1, 0.15) is 80.6 Å². The van der Waals surface area contributed by atoms with E-state index in [0.29, 0.717) is 42.8 Å². The van der Waals surface area contributed by atoms with Crippen LogP contribution in [0.25, 0.3) is 33.5 Å². The summed E-state index contributed by atoms with van der Waals surface area (Å²) in [5.74, 6) is 0.927. The molecule has 5 N–H and O–H groups in total. The number of imide groups is 1. The van der Waals surface area contributed by atoms with Crippen LogP contribution in [0.2, 0.25) is 0 Å². The SMILES string of the molecule is Cc1cc(-c2ncnc3[nH]c(-c4cnc(NCCNCC5CCN(c6ccc(N7CCC(=O)NC7=O)cc6)CC5)nc4)cc23)ccc1[C@@H](C)NC(=O)c1nc(C(C)(C)C)no1. The molecule has 0 aliphatic carbocycles. The molecule has 61 heavy (non-hydrogen) atoms. The standard InChI is InChI=1S/C44H51N13O4/c1-26-20-29(6-11-33(26)27(2)51-39(59)40-54-41(55-61-40)44(3,4)5)37-34-21-35(52-38(34)50-25-49-37)30-23-47-42(48-24-30)46-16-15-45-22-28-12-17-56(18-13-28)31-7-9-32(10-8-31)57-19-14-36(58)53-43(57)60/h6-11,20-21,23-25,27-28,45H,12-19,22H2,1-5H3,(H,51,59)(H,46,47,48)(H,49,50,52)(H,53,58,60)/t27-/m1/s1. The monoisotopic (exact) mass is 825 g/mol. The molecule has 0 spiro atoms. The lowest BCUT2D eigenvalue weighted by Gasteiger charge is -2.34. The maximum absolute atomic E-state index is 12.9. The van der Waals surface area contributed by atoms with E-state index in [9.17, 15) is 14.4 Å². The fourth-order valence-corrected chi connectivity index (χ4v) is 7.77. The molecule has 2 saturated heterocycles. The van der Waals surface area contributed by atoms with Crippen molar-refractivity contribution in [3.63, 3.8) is 0 Å². The highest BCUT2D eigenvalue weighted by Crippen LogP contribution is 2.32. The Labute approximate surface area is 353 Å². The van der Waals surface area contributed by atoms with Crippen molar-refractivity contribution in [1.82, 2.24) is 51.0 Å². The zero-order chi connectivity index (χ0) is 42.7. The van der Waals surface area contributed by atoms with Gasteiger partial charge >= 0.3 is 17.8 Å². The quantitative estimate of drug-likeness (QED) is 0.0857. The molecule has 0 bridgehead atoms. The van der Waals surface area contributed by atoms with Crippen LogP contribution in [0.4, 0.5) is 22.1 Å². The van der Waals surface area contributed by atoms with Crippen LogP contribution >= 0.6 is 0 Å². The van der Waals surface area contributed by atoms with E-state index in [1.165, 1.54) is 0 Å². The zero-order valence-electron chi connectivity index (χ0n) is 35.1. The largest absolute Gasteiger partial charge is 0.372 e. The highest BCUT2D eigenvalue weighted by Gasteiger charge is 2.27.